The van der Waals surface area contributed by atoms with Crippen molar-refractivity contribution < 1.29 is 14.4 Å². The first-order chi connectivity index (χ1) is 11.5. The molecule has 7 nitrogen and oxygen atoms in total. The number of hydrogen-bond donors (Lipinski definition) is 4. The molecule has 0 aliphatic heterocycles. The summed E-state index contributed by atoms with van der Waals surface area (Å²) in [5, 5.41) is 7.17. The van der Waals surface area contributed by atoms with Crippen molar-refractivity contribution in [2.24, 2.45) is 0 Å². The standard InChI is InChI=1S/C16H18N4O3S/c1-10(12-5-3-6-13(9-12)18-11(2)21)17-16(23)20-19-15(22)14-7-4-8-24-14/h3-10H,1-2H3,(H,18,21)(H,19,22)(H2,17,20,23). The minimum atomic E-state index is -0.530. The molecule has 1 unspecified atom stereocenters. The van der Waals surface area contributed by atoms with E-state index in [4.69, 9.17) is 0 Å². The van der Waals surface area contributed by atoms with E-state index in [2.05, 4.69) is 21.5 Å². The number of anilines is 1. The summed E-state index contributed by atoms with van der Waals surface area (Å²) >= 11 is 1.28. The number of amides is 4. The molecule has 4 amide bonds. The number of benzene rings is 1. The van der Waals surface area contributed by atoms with Crippen LogP contribution in [0.15, 0.2) is 41.8 Å². The van der Waals surface area contributed by atoms with E-state index in [-0.39, 0.29) is 17.9 Å². The zero-order valence-corrected chi connectivity index (χ0v) is 14.1. The number of hydrazine groups is 1. The average molecular weight is 346 g/mol. The Kier molecular flexibility index (Phi) is 5.91. The lowest BCUT2D eigenvalue weighted by Crippen LogP contribution is -2.47. The highest BCUT2D eigenvalue weighted by Gasteiger charge is 2.12. The first-order valence-electron chi connectivity index (χ1n) is 7.23. The van der Waals surface area contributed by atoms with Crippen molar-refractivity contribution in [3.8, 4) is 0 Å². The molecule has 0 radical (unpaired) electrons. The van der Waals surface area contributed by atoms with Gasteiger partial charge in [0.05, 0.1) is 10.9 Å². The van der Waals surface area contributed by atoms with E-state index in [9.17, 15) is 14.4 Å². The SMILES string of the molecule is CC(=O)Nc1cccc(C(C)NC(=O)NNC(=O)c2cccs2)c1. The lowest BCUT2D eigenvalue weighted by molar-refractivity contribution is -0.114. The van der Waals surface area contributed by atoms with Crippen LogP contribution in [-0.4, -0.2) is 17.8 Å². The van der Waals surface area contributed by atoms with Crippen molar-refractivity contribution in [3.05, 3.63) is 52.2 Å². The molecule has 1 heterocycles. The maximum atomic E-state index is 11.9. The summed E-state index contributed by atoms with van der Waals surface area (Å²) in [6.07, 6.45) is 0. The van der Waals surface area contributed by atoms with Crippen molar-refractivity contribution in [1.82, 2.24) is 16.2 Å². The summed E-state index contributed by atoms with van der Waals surface area (Å²) in [4.78, 5) is 35.2. The lowest BCUT2D eigenvalue weighted by atomic mass is 10.1. The summed E-state index contributed by atoms with van der Waals surface area (Å²) in [6, 6.07) is 9.74. The molecule has 0 fully saturated rings. The quantitative estimate of drug-likeness (QED) is 0.640. The Morgan fingerprint density at radius 2 is 1.88 bits per heavy atom. The van der Waals surface area contributed by atoms with E-state index < -0.39 is 6.03 Å². The molecule has 0 saturated heterocycles. The van der Waals surface area contributed by atoms with Gasteiger partial charge in [0.1, 0.15) is 0 Å². The van der Waals surface area contributed by atoms with Gasteiger partial charge in [-0.3, -0.25) is 15.0 Å². The fourth-order valence-corrected chi connectivity index (χ4v) is 2.61. The van der Waals surface area contributed by atoms with Gasteiger partial charge in [0, 0.05) is 12.6 Å². The number of urea groups is 1. The molecule has 2 rings (SSSR count). The summed E-state index contributed by atoms with van der Waals surface area (Å²) < 4.78 is 0. The van der Waals surface area contributed by atoms with Gasteiger partial charge in [-0.2, -0.15) is 0 Å². The van der Waals surface area contributed by atoms with Gasteiger partial charge in [-0.15, -0.1) is 11.3 Å². The Bertz CT molecular complexity index is 731. The van der Waals surface area contributed by atoms with Gasteiger partial charge in [-0.05, 0) is 36.1 Å². The van der Waals surface area contributed by atoms with Crippen LogP contribution in [0.4, 0.5) is 10.5 Å². The number of nitrogens with one attached hydrogen (secondary N) is 4. The highest BCUT2D eigenvalue weighted by atomic mass is 32.1. The second kappa shape index (κ2) is 8.11. The fraction of sp³-hybridized carbons (Fsp3) is 0.188. The van der Waals surface area contributed by atoms with Crippen LogP contribution in [0.5, 0.6) is 0 Å². The number of hydrogen-bond acceptors (Lipinski definition) is 4. The molecule has 0 aliphatic rings. The Morgan fingerprint density at radius 1 is 1.08 bits per heavy atom. The normalized spacial score (nSPS) is 11.2. The third-order valence-electron chi connectivity index (χ3n) is 3.09. The molecule has 24 heavy (non-hydrogen) atoms. The first-order valence-corrected chi connectivity index (χ1v) is 8.11. The monoisotopic (exact) mass is 346 g/mol. The van der Waals surface area contributed by atoms with E-state index in [1.807, 2.05) is 6.07 Å². The highest BCUT2D eigenvalue weighted by molar-refractivity contribution is 7.12. The van der Waals surface area contributed by atoms with Crippen molar-refractivity contribution in [3.63, 3.8) is 0 Å². The molecule has 1 aromatic carbocycles. The predicted octanol–water partition coefficient (Wildman–Crippen LogP) is 2.41. The number of thiophene rings is 1. The van der Waals surface area contributed by atoms with E-state index in [1.54, 1.807) is 42.6 Å². The topological polar surface area (TPSA) is 99.3 Å². The fourth-order valence-electron chi connectivity index (χ4n) is 1.99. The molecule has 126 valence electrons. The van der Waals surface area contributed by atoms with E-state index in [1.165, 1.54) is 18.3 Å². The smallest absolute Gasteiger partial charge is 0.330 e. The minimum Gasteiger partial charge on any atom is -0.330 e. The second-order valence-electron chi connectivity index (χ2n) is 5.06. The third kappa shape index (κ3) is 5.10. The maximum Gasteiger partial charge on any atom is 0.333 e. The van der Waals surface area contributed by atoms with Crippen molar-refractivity contribution in [2.45, 2.75) is 19.9 Å². The van der Waals surface area contributed by atoms with Crippen LogP contribution in [-0.2, 0) is 4.79 Å². The second-order valence-corrected chi connectivity index (χ2v) is 6.01. The van der Waals surface area contributed by atoms with Gasteiger partial charge in [-0.1, -0.05) is 18.2 Å². The molecule has 0 bridgehead atoms. The van der Waals surface area contributed by atoms with Gasteiger partial charge in [0.25, 0.3) is 5.91 Å². The Hall–Kier alpha value is -2.87. The van der Waals surface area contributed by atoms with Crippen LogP contribution < -0.4 is 21.5 Å². The highest BCUT2D eigenvalue weighted by Crippen LogP contribution is 2.17. The van der Waals surface area contributed by atoms with Crippen LogP contribution >= 0.6 is 11.3 Å². The molecule has 1 aromatic heterocycles. The van der Waals surface area contributed by atoms with Gasteiger partial charge in [-0.25, -0.2) is 10.2 Å². The van der Waals surface area contributed by atoms with E-state index >= 15 is 0 Å². The molecular weight excluding hydrogens is 328 g/mol. The molecule has 0 saturated carbocycles. The number of rotatable bonds is 4. The van der Waals surface area contributed by atoms with Crippen LogP contribution in [0, 0.1) is 0 Å². The zero-order valence-electron chi connectivity index (χ0n) is 13.3. The molecule has 2 aromatic rings. The zero-order chi connectivity index (χ0) is 17.5. The summed E-state index contributed by atoms with van der Waals surface area (Å²) in [6.45, 7) is 3.23. The Morgan fingerprint density at radius 3 is 2.54 bits per heavy atom. The largest absolute Gasteiger partial charge is 0.333 e. The van der Waals surface area contributed by atoms with Gasteiger partial charge in [0.15, 0.2) is 0 Å². The van der Waals surface area contributed by atoms with Crippen molar-refractivity contribution in [1.29, 1.82) is 0 Å². The molecule has 4 N–H and O–H groups in total. The number of carbonyl (C=O) groups is 3. The number of carbonyl (C=O) groups excluding carboxylic acids is 3. The Balaban J connectivity index is 1.87. The molecular formula is C16H18N4O3S. The maximum absolute atomic E-state index is 11.9. The van der Waals surface area contributed by atoms with E-state index in [0.717, 1.165) is 5.56 Å². The van der Waals surface area contributed by atoms with Crippen LogP contribution in [0.3, 0.4) is 0 Å². The summed E-state index contributed by atoms with van der Waals surface area (Å²) in [5.74, 6) is -0.540. The molecule has 8 heteroatoms. The van der Waals surface area contributed by atoms with Crippen LogP contribution in [0.1, 0.15) is 35.1 Å². The van der Waals surface area contributed by atoms with Gasteiger partial charge >= 0.3 is 6.03 Å². The predicted molar refractivity (Wildman–Crippen MR) is 92.6 cm³/mol. The summed E-state index contributed by atoms with van der Waals surface area (Å²) in [5.41, 5.74) is 6.11. The third-order valence-corrected chi connectivity index (χ3v) is 3.96. The minimum absolute atomic E-state index is 0.165. The average Bonchev–Trinajstić information content (AvgIpc) is 3.06. The Labute approximate surface area is 143 Å². The van der Waals surface area contributed by atoms with Crippen LogP contribution in [0.2, 0.25) is 0 Å². The van der Waals surface area contributed by atoms with Gasteiger partial charge < -0.3 is 10.6 Å². The van der Waals surface area contributed by atoms with Crippen molar-refractivity contribution in [2.75, 3.05) is 5.32 Å². The van der Waals surface area contributed by atoms with Gasteiger partial charge in [0.2, 0.25) is 5.91 Å². The van der Waals surface area contributed by atoms with Crippen LogP contribution in [0.25, 0.3) is 0 Å². The van der Waals surface area contributed by atoms with E-state index in [0.29, 0.717) is 10.6 Å². The first kappa shape index (κ1) is 17.5. The molecule has 0 spiro atoms. The molecule has 1 atom stereocenters. The molecule has 0 aliphatic carbocycles. The lowest BCUT2D eigenvalue weighted by Gasteiger charge is -2.16. The summed E-state index contributed by atoms with van der Waals surface area (Å²) in [7, 11) is 0. The van der Waals surface area contributed by atoms with Crippen molar-refractivity contribution >= 4 is 34.9 Å².